The summed E-state index contributed by atoms with van der Waals surface area (Å²) in [7, 11) is 0. The van der Waals surface area contributed by atoms with Gasteiger partial charge in [0.1, 0.15) is 6.04 Å². The minimum Gasteiger partial charge on any atom is -0.411 e. The van der Waals surface area contributed by atoms with Crippen molar-refractivity contribution < 1.29 is 9.21 Å². The van der Waals surface area contributed by atoms with Gasteiger partial charge in [0.2, 0.25) is 12.3 Å². The Bertz CT molecular complexity index is 417. The summed E-state index contributed by atoms with van der Waals surface area (Å²) in [6.45, 7) is 3.59. The molecule has 98 valence electrons. The zero-order valence-corrected chi connectivity index (χ0v) is 10.6. The Balaban J connectivity index is 1.54. The fraction of sp³-hybridized carbons (Fsp3) is 0.750. The van der Waals surface area contributed by atoms with Crippen LogP contribution in [0.15, 0.2) is 10.8 Å². The molecule has 18 heavy (non-hydrogen) atoms. The van der Waals surface area contributed by atoms with Crippen molar-refractivity contribution in [3.8, 4) is 0 Å². The van der Waals surface area contributed by atoms with Crippen LogP contribution in [-0.2, 0) is 4.79 Å². The predicted molar refractivity (Wildman–Crippen MR) is 64.9 cm³/mol. The molecule has 1 aromatic rings. The molecule has 2 heterocycles. The summed E-state index contributed by atoms with van der Waals surface area (Å²) >= 11 is 0. The normalized spacial score (nSPS) is 22.8. The van der Waals surface area contributed by atoms with Crippen molar-refractivity contribution in [3.63, 3.8) is 0 Å². The van der Waals surface area contributed by atoms with Gasteiger partial charge in [0.05, 0.1) is 0 Å². The molecule has 1 spiro atoms. The second-order valence-corrected chi connectivity index (χ2v) is 5.44. The number of likely N-dealkylation sites (tertiary alicyclic amines) is 1. The molecule has 1 aliphatic heterocycles. The van der Waals surface area contributed by atoms with Gasteiger partial charge in [-0.1, -0.05) is 5.10 Å². The zero-order valence-electron chi connectivity index (χ0n) is 10.6. The maximum absolute atomic E-state index is 12.2. The van der Waals surface area contributed by atoms with Crippen molar-refractivity contribution in [1.29, 1.82) is 0 Å². The Morgan fingerprint density at radius 3 is 2.72 bits per heavy atom. The summed E-state index contributed by atoms with van der Waals surface area (Å²) < 4.78 is 4.98. The van der Waals surface area contributed by atoms with Crippen molar-refractivity contribution in [2.45, 2.75) is 38.6 Å². The number of aromatic nitrogens is 2. The van der Waals surface area contributed by atoms with Crippen LogP contribution in [0.4, 0.5) is 6.01 Å². The molecule has 0 radical (unpaired) electrons. The van der Waals surface area contributed by atoms with Gasteiger partial charge in [0.15, 0.2) is 0 Å². The molecule has 1 aromatic heterocycles. The minimum atomic E-state index is -0.321. The van der Waals surface area contributed by atoms with Crippen molar-refractivity contribution in [2.75, 3.05) is 18.4 Å². The van der Waals surface area contributed by atoms with Crippen molar-refractivity contribution >= 4 is 11.9 Å². The van der Waals surface area contributed by atoms with E-state index in [1.54, 1.807) is 0 Å². The first kappa shape index (κ1) is 11.5. The lowest BCUT2D eigenvalue weighted by Crippen LogP contribution is -2.45. The summed E-state index contributed by atoms with van der Waals surface area (Å²) in [6, 6.07) is -0.0229. The van der Waals surface area contributed by atoms with E-state index in [2.05, 4.69) is 15.5 Å². The predicted octanol–water partition coefficient (Wildman–Crippen LogP) is 1.27. The van der Waals surface area contributed by atoms with Crippen molar-refractivity contribution in [1.82, 2.24) is 15.1 Å². The van der Waals surface area contributed by atoms with Crippen LogP contribution in [-0.4, -0.2) is 40.1 Å². The molecule has 1 amide bonds. The SMILES string of the molecule is C[C@@H](Nc1nnco1)C(=O)N1CCC2(CC1)CC2. The Morgan fingerprint density at radius 1 is 1.44 bits per heavy atom. The Morgan fingerprint density at radius 2 is 2.17 bits per heavy atom. The van der Waals surface area contributed by atoms with Crippen LogP contribution < -0.4 is 5.32 Å². The van der Waals surface area contributed by atoms with Crippen LogP contribution in [0.2, 0.25) is 0 Å². The lowest BCUT2D eigenvalue weighted by molar-refractivity contribution is -0.133. The molecule has 0 unspecified atom stereocenters. The number of hydrogen-bond acceptors (Lipinski definition) is 5. The molecular formula is C12H18N4O2. The third kappa shape index (κ3) is 2.19. The zero-order chi connectivity index (χ0) is 12.6. The number of piperidine rings is 1. The number of carbonyl (C=O) groups is 1. The van der Waals surface area contributed by atoms with Crippen LogP contribution >= 0.6 is 0 Å². The van der Waals surface area contributed by atoms with E-state index in [-0.39, 0.29) is 11.9 Å². The molecule has 6 heteroatoms. The Labute approximate surface area is 106 Å². The minimum absolute atomic E-state index is 0.115. The lowest BCUT2D eigenvalue weighted by Gasteiger charge is -2.33. The molecular weight excluding hydrogens is 232 g/mol. The second kappa shape index (κ2) is 4.26. The summed E-state index contributed by atoms with van der Waals surface area (Å²) in [5.74, 6) is 0.115. The van der Waals surface area contributed by atoms with E-state index in [4.69, 9.17) is 4.42 Å². The maximum atomic E-state index is 12.2. The largest absolute Gasteiger partial charge is 0.411 e. The first-order chi connectivity index (χ1) is 8.69. The fourth-order valence-corrected chi connectivity index (χ4v) is 2.63. The van der Waals surface area contributed by atoms with Crippen LogP contribution in [0.3, 0.4) is 0 Å². The fourth-order valence-electron chi connectivity index (χ4n) is 2.63. The van der Waals surface area contributed by atoms with Crippen LogP contribution in [0.1, 0.15) is 32.6 Å². The van der Waals surface area contributed by atoms with Gasteiger partial charge < -0.3 is 14.6 Å². The highest BCUT2D eigenvalue weighted by molar-refractivity contribution is 5.83. The number of nitrogens with one attached hydrogen (secondary N) is 1. The topological polar surface area (TPSA) is 71.3 Å². The number of anilines is 1. The standard InChI is InChI=1S/C12H18N4O2/c1-9(14-11-15-13-8-18-11)10(17)16-6-4-12(2-3-12)5-7-16/h8-9H,2-7H2,1H3,(H,14,15)/t9-/m1/s1. The average Bonchev–Trinajstić information content (AvgIpc) is 2.93. The maximum Gasteiger partial charge on any atom is 0.315 e. The van der Waals surface area contributed by atoms with Gasteiger partial charge in [-0.15, -0.1) is 5.10 Å². The van der Waals surface area contributed by atoms with Crippen LogP contribution in [0.25, 0.3) is 0 Å². The van der Waals surface area contributed by atoms with Gasteiger partial charge in [0, 0.05) is 13.1 Å². The third-order valence-corrected chi connectivity index (χ3v) is 4.16. The molecule has 0 aromatic carbocycles. The number of amides is 1. The van der Waals surface area contributed by atoms with E-state index in [9.17, 15) is 4.79 Å². The number of hydrogen-bond donors (Lipinski definition) is 1. The Kier molecular flexibility index (Phi) is 2.72. The third-order valence-electron chi connectivity index (χ3n) is 4.16. The lowest BCUT2D eigenvalue weighted by atomic mass is 9.93. The molecule has 2 aliphatic rings. The molecule has 1 N–H and O–H groups in total. The first-order valence-electron chi connectivity index (χ1n) is 6.50. The van der Waals surface area contributed by atoms with Crippen molar-refractivity contribution in [2.24, 2.45) is 5.41 Å². The van der Waals surface area contributed by atoms with E-state index in [0.29, 0.717) is 11.4 Å². The Hall–Kier alpha value is -1.59. The summed E-state index contributed by atoms with van der Waals surface area (Å²) in [4.78, 5) is 14.2. The monoisotopic (exact) mass is 250 g/mol. The molecule has 3 rings (SSSR count). The molecule has 0 bridgehead atoms. The molecule has 1 aliphatic carbocycles. The number of carbonyl (C=O) groups excluding carboxylic acids is 1. The smallest absolute Gasteiger partial charge is 0.315 e. The average molecular weight is 250 g/mol. The molecule has 1 atom stereocenters. The molecule has 6 nitrogen and oxygen atoms in total. The van der Waals surface area contributed by atoms with Crippen molar-refractivity contribution in [3.05, 3.63) is 6.39 Å². The summed E-state index contributed by atoms with van der Waals surface area (Å²) in [5, 5.41) is 10.2. The van der Waals surface area contributed by atoms with Gasteiger partial charge in [-0.25, -0.2) is 0 Å². The van der Waals surface area contributed by atoms with Gasteiger partial charge >= 0.3 is 6.01 Å². The molecule has 1 saturated carbocycles. The quantitative estimate of drug-likeness (QED) is 0.874. The van der Waals surface area contributed by atoms with E-state index < -0.39 is 0 Å². The summed E-state index contributed by atoms with van der Waals surface area (Å²) in [5.41, 5.74) is 0.597. The van der Waals surface area contributed by atoms with Gasteiger partial charge in [-0.2, -0.15) is 0 Å². The highest BCUT2D eigenvalue weighted by atomic mass is 16.4. The van der Waals surface area contributed by atoms with E-state index >= 15 is 0 Å². The van der Waals surface area contributed by atoms with E-state index in [1.807, 2.05) is 11.8 Å². The molecule has 1 saturated heterocycles. The first-order valence-corrected chi connectivity index (χ1v) is 6.50. The summed E-state index contributed by atoms with van der Waals surface area (Å²) in [6.07, 6.45) is 6.27. The van der Waals surface area contributed by atoms with Crippen LogP contribution in [0, 0.1) is 5.41 Å². The van der Waals surface area contributed by atoms with Gasteiger partial charge in [-0.05, 0) is 38.0 Å². The second-order valence-electron chi connectivity index (χ2n) is 5.44. The van der Waals surface area contributed by atoms with Crippen LogP contribution in [0.5, 0.6) is 0 Å². The van der Waals surface area contributed by atoms with Gasteiger partial charge in [-0.3, -0.25) is 4.79 Å². The highest BCUT2D eigenvalue weighted by Crippen LogP contribution is 2.53. The number of rotatable bonds is 3. The molecule has 2 fully saturated rings. The van der Waals surface area contributed by atoms with E-state index in [1.165, 1.54) is 19.2 Å². The van der Waals surface area contributed by atoms with Gasteiger partial charge in [0.25, 0.3) is 0 Å². The highest BCUT2D eigenvalue weighted by Gasteiger charge is 2.45. The number of nitrogens with zero attached hydrogens (tertiary/aromatic N) is 3. The van der Waals surface area contributed by atoms with E-state index in [0.717, 1.165) is 25.9 Å².